The van der Waals surface area contributed by atoms with Crippen LogP contribution >= 0.6 is 12.2 Å². The number of nitrogens with two attached hydrogens (primary N) is 1. The SMILES string of the molecule is C#Cc1ccccc1CC(=O)NC(N)=S. The van der Waals surface area contributed by atoms with Gasteiger partial charge in [-0.3, -0.25) is 4.79 Å². The predicted octanol–water partition coefficient (Wildman–Crippen LogP) is 0.570. The van der Waals surface area contributed by atoms with Gasteiger partial charge in [0.15, 0.2) is 5.11 Å². The summed E-state index contributed by atoms with van der Waals surface area (Å²) in [5, 5.41) is 2.31. The molecule has 0 spiro atoms. The summed E-state index contributed by atoms with van der Waals surface area (Å²) in [6.45, 7) is 0. The first-order chi connectivity index (χ1) is 7.13. The molecule has 0 aliphatic heterocycles. The van der Waals surface area contributed by atoms with Gasteiger partial charge in [0.1, 0.15) is 0 Å². The van der Waals surface area contributed by atoms with E-state index in [0.29, 0.717) is 5.56 Å². The number of rotatable bonds is 2. The molecule has 1 amide bonds. The van der Waals surface area contributed by atoms with Crippen molar-refractivity contribution in [3.63, 3.8) is 0 Å². The van der Waals surface area contributed by atoms with Crippen molar-refractivity contribution >= 4 is 23.2 Å². The van der Waals surface area contributed by atoms with Gasteiger partial charge in [-0.2, -0.15) is 0 Å². The lowest BCUT2D eigenvalue weighted by Gasteiger charge is -2.04. The Morgan fingerprint density at radius 1 is 1.53 bits per heavy atom. The molecule has 0 saturated heterocycles. The second-order valence-corrected chi connectivity index (χ2v) is 3.33. The van der Waals surface area contributed by atoms with Crippen LogP contribution in [0.1, 0.15) is 11.1 Å². The Morgan fingerprint density at radius 3 is 2.80 bits per heavy atom. The van der Waals surface area contributed by atoms with Gasteiger partial charge in [0.2, 0.25) is 5.91 Å². The van der Waals surface area contributed by atoms with Crippen LogP contribution in [0, 0.1) is 12.3 Å². The fourth-order valence-electron chi connectivity index (χ4n) is 1.17. The van der Waals surface area contributed by atoms with Crippen molar-refractivity contribution in [2.75, 3.05) is 0 Å². The van der Waals surface area contributed by atoms with Crippen molar-refractivity contribution in [2.24, 2.45) is 5.73 Å². The Balaban J connectivity index is 2.77. The number of terminal acetylenes is 1. The van der Waals surface area contributed by atoms with E-state index >= 15 is 0 Å². The third kappa shape index (κ3) is 3.41. The zero-order valence-corrected chi connectivity index (χ0v) is 8.80. The zero-order chi connectivity index (χ0) is 11.3. The number of carbonyl (C=O) groups excluding carboxylic acids is 1. The molecule has 0 unspecified atom stereocenters. The van der Waals surface area contributed by atoms with Crippen molar-refractivity contribution in [3.8, 4) is 12.3 Å². The molecule has 0 heterocycles. The van der Waals surface area contributed by atoms with Crippen LogP contribution in [0.2, 0.25) is 0 Å². The lowest BCUT2D eigenvalue weighted by atomic mass is 10.1. The molecule has 3 N–H and O–H groups in total. The van der Waals surface area contributed by atoms with Gasteiger partial charge in [0.25, 0.3) is 0 Å². The molecule has 0 saturated carbocycles. The molecule has 0 radical (unpaired) electrons. The van der Waals surface area contributed by atoms with Crippen molar-refractivity contribution in [1.82, 2.24) is 5.32 Å². The van der Waals surface area contributed by atoms with Crippen molar-refractivity contribution in [2.45, 2.75) is 6.42 Å². The maximum atomic E-state index is 11.3. The molecule has 0 aliphatic rings. The van der Waals surface area contributed by atoms with Crippen LogP contribution in [-0.2, 0) is 11.2 Å². The lowest BCUT2D eigenvalue weighted by Crippen LogP contribution is -2.35. The molecule has 0 fully saturated rings. The standard InChI is InChI=1S/C11H10N2OS/c1-2-8-5-3-4-6-9(8)7-10(14)13-11(12)15/h1,3-6H,7H2,(H3,12,13,14,15). The molecule has 4 heteroatoms. The van der Waals surface area contributed by atoms with E-state index in [2.05, 4.69) is 23.5 Å². The van der Waals surface area contributed by atoms with Gasteiger partial charge in [-0.15, -0.1) is 6.42 Å². The molecular formula is C11H10N2OS. The van der Waals surface area contributed by atoms with Gasteiger partial charge in [-0.25, -0.2) is 0 Å². The Kier molecular flexibility index (Phi) is 3.83. The van der Waals surface area contributed by atoms with Crippen LogP contribution in [-0.4, -0.2) is 11.0 Å². The summed E-state index contributed by atoms with van der Waals surface area (Å²) in [7, 11) is 0. The highest BCUT2D eigenvalue weighted by Gasteiger charge is 2.06. The Labute approximate surface area is 93.7 Å². The van der Waals surface area contributed by atoms with E-state index in [0.717, 1.165) is 5.56 Å². The predicted molar refractivity (Wildman–Crippen MR) is 63.0 cm³/mol. The maximum Gasteiger partial charge on any atom is 0.230 e. The number of hydrogen-bond acceptors (Lipinski definition) is 2. The monoisotopic (exact) mass is 218 g/mol. The molecule has 0 atom stereocenters. The number of nitrogens with one attached hydrogen (secondary N) is 1. The molecule has 3 nitrogen and oxygen atoms in total. The summed E-state index contributed by atoms with van der Waals surface area (Å²) < 4.78 is 0. The second kappa shape index (κ2) is 5.13. The van der Waals surface area contributed by atoms with Crippen LogP contribution in [0.5, 0.6) is 0 Å². The highest BCUT2D eigenvalue weighted by Crippen LogP contribution is 2.07. The Hall–Kier alpha value is -1.86. The minimum absolute atomic E-state index is 0.0295. The van der Waals surface area contributed by atoms with Crippen molar-refractivity contribution < 1.29 is 4.79 Å². The van der Waals surface area contributed by atoms with Gasteiger partial charge < -0.3 is 11.1 Å². The Bertz CT molecular complexity index is 434. The third-order valence-electron chi connectivity index (χ3n) is 1.79. The number of benzene rings is 1. The number of hydrogen-bond donors (Lipinski definition) is 2. The summed E-state index contributed by atoms with van der Waals surface area (Å²) in [6, 6.07) is 7.23. The Morgan fingerprint density at radius 2 is 2.20 bits per heavy atom. The van der Waals surface area contributed by atoms with E-state index < -0.39 is 0 Å². The summed E-state index contributed by atoms with van der Waals surface area (Å²) in [5.74, 6) is 2.25. The van der Waals surface area contributed by atoms with E-state index in [1.807, 2.05) is 12.1 Å². The largest absolute Gasteiger partial charge is 0.376 e. The quantitative estimate of drug-likeness (QED) is 0.563. The van der Waals surface area contributed by atoms with Gasteiger partial charge in [-0.1, -0.05) is 24.1 Å². The molecule has 1 aromatic carbocycles. The van der Waals surface area contributed by atoms with Crippen LogP contribution < -0.4 is 11.1 Å². The van der Waals surface area contributed by atoms with E-state index in [9.17, 15) is 4.79 Å². The average molecular weight is 218 g/mol. The van der Waals surface area contributed by atoms with E-state index in [1.165, 1.54) is 0 Å². The number of amides is 1. The van der Waals surface area contributed by atoms with E-state index in [1.54, 1.807) is 12.1 Å². The highest BCUT2D eigenvalue weighted by molar-refractivity contribution is 7.80. The maximum absolute atomic E-state index is 11.3. The van der Waals surface area contributed by atoms with Gasteiger partial charge in [0, 0.05) is 5.56 Å². The van der Waals surface area contributed by atoms with Crippen LogP contribution in [0.25, 0.3) is 0 Å². The van der Waals surface area contributed by atoms with Gasteiger partial charge in [0.05, 0.1) is 6.42 Å². The molecule has 0 bridgehead atoms. The molecule has 1 rings (SSSR count). The first-order valence-electron chi connectivity index (χ1n) is 4.27. The molecule has 1 aromatic rings. The lowest BCUT2D eigenvalue weighted by molar-refractivity contribution is -0.119. The first-order valence-corrected chi connectivity index (χ1v) is 4.68. The van der Waals surface area contributed by atoms with E-state index in [-0.39, 0.29) is 17.4 Å². The number of carbonyl (C=O) groups is 1. The second-order valence-electron chi connectivity index (χ2n) is 2.89. The fourth-order valence-corrected chi connectivity index (χ4v) is 1.28. The van der Waals surface area contributed by atoms with Gasteiger partial charge in [-0.05, 0) is 23.8 Å². The van der Waals surface area contributed by atoms with E-state index in [4.69, 9.17) is 12.2 Å². The zero-order valence-electron chi connectivity index (χ0n) is 7.99. The molecule has 0 aliphatic carbocycles. The summed E-state index contributed by atoms with van der Waals surface area (Å²) in [4.78, 5) is 11.3. The van der Waals surface area contributed by atoms with Gasteiger partial charge >= 0.3 is 0 Å². The minimum atomic E-state index is -0.259. The summed E-state index contributed by atoms with van der Waals surface area (Å²) in [6.07, 6.45) is 5.47. The highest BCUT2D eigenvalue weighted by atomic mass is 32.1. The van der Waals surface area contributed by atoms with Crippen molar-refractivity contribution in [1.29, 1.82) is 0 Å². The van der Waals surface area contributed by atoms with Crippen LogP contribution in [0.15, 0.2) is 24.3 Å². The fraction of sp³-hybridized carbons (Fsp3) is 0.0909. The van der Waals surface area contributed by atoms with Crippen LogP contribution in [0.3, 0.4) is 0 Å². The van der Waals surface area contributed by atoms with Crippen molar-refractivity contribution in [3.05, 3.63) is 35.4 Å². The third-order valence-corrected chi connectivity index (χ3v) is 1.89. The molecule has 76 valence electrons. The molecule has 15 heavy (non-hydrogen) atoms. The molecule has 0 aromatic heterocycles. The summed E-state index contributed by atoms with van der Waals surface area (Å²) >= 11 is 4.55. The smallest absolute Gasteiger partial charge is 0.230 e. The normalized spacial score (nSPS) is 9.00. The number of thiocarbonyl (C=S) groups is 1. The topological polar surface area (TPSA) is 55.1 Å². The molecular weight excluding hydrogens is 208 g/mol. The average Bonchev–Trinajstić information content (AvgIpc) is 2.17. The van der Waals surface area contributed by atoms with Crippen LogP contribution in [0.4, 0.5) is 0 Å². The first kappa shape index (κ1) is 11.2. The summed E-state index contributed by atoms with van der Waals surface area (Å²) in [5.41, 5.74) is 6.67. The minimum Gasteiger partial charge on any atom is -0.376 e.